The van der Waals surface area contributed by atoms with Gasteiger partial charge in [0.05, 0.1) is 19.3 Å². The standard InChI is InChI=1S/C9H18O2.3BF4.Na.H/c1-10-7-8-11-9-5-3-2-4-6-9;3*2-1(3,4)5;;/h9H,2-8H2,1H3;;;;;/q;3*-1;;. The van der Waals surface area contributed by atoms with Gasteiger partial charge >= 0.3 is 51.3 Å². The third-order valence-corrected chi connectivity index (χ3v) is 2.19. The molecule has 0 atom stereocenters. The van der Waals surface area contributed by atoms with E-state index in [2.05, 4.69) is 0 Å². The minimum atomic E-state index is -6.00. The number of hydrogen-bond acceptors (Lipinski definition) is 2. The molecule has 2 nitrogen and oxygen atoms in total. The van der Waals surface area contributed by atoms with E-state index in [0.717, 1.165) is 13.2 Å². The number of methoxy groups -OCH3 is 1. The molecular formula is C9H19B3F12NaO2-3. The van der Waals surface area contributed by atoms with Crippen LogP contribution in [-0.4, -0.2) is 77.7 Å². The Kier molecular flexibility index (Phi) is 23.6. The molecule has 1 fully saturated rings. The summed E-state index contributed by atoms with van der Waals surface area (Å²) < 4.78 is 128. The molecule has 0 radical (unpaired) electrons. The van der Waals surface area contributed by atoms with Crippen molar-refractivity contribution < 1.29 is 61.3 Å². The number of ether oxygens (including phenoxy) is 2. The van der Waals surface area contributed by atoms with Crippen LogP contribution in [-0.2, 0) is 9.47 Å². The molecule has 1 aliphatic rings. The maximum atomic E-state index is 9.75. The van der Waals surface area contributed by atoms with E-state index in [-0.39, 0.29) is 29.6 Å². The molecule has 0 aromatic carbocycles. The summed E-state index contributed by atoms with van der Waals surface area (Å²) in [7, 11) is -16.3. The number of halogens is 12. The first-order chi connectivity index (χ1) is 11.4. The second-order valence-corrected chi connectivity index (χ2v) is 4.61. The molecule has 164 valence electrons. The molecule has 27 heavy (non-hydrogen) atoms. The molecule has 1 aliphatic carbocycles. The first kappa shape index (κ1) is 34.8. The summed E-state index contributed by atoms with van der Waals surface area (Å²) in [5.74, 6) is 0. The fraction of sp³-hybridized carbons (Fsp3) is 1.00. The third kappa shape index (κ3) is 87.9. The Labute approximate surface area is 171 Å². The Morgan fingerprint density at radius 3 is 1.19 bits per heavy atom. The molecule has 0 aromatic heterocycles. The molecule has 0 amide bonds. The van der Waals surface area contributed by atoms with Crippen LogP contribution in [0.3, 0.4) is 0 Å². The van der Waals surface area contributed by atoms with Gasteiger partial charge in [0.25, 0.3) is 0 Å². The van der Waals surface area contributed by atoms with E-state index in [9.17, 15) is 51.8 Å². The van der Waals surface area contributed by atoms with Crippen LogP contribution >= 0.6 is 0 Å². The van der Waals surface area contributed by atoms with Crippen molar-refractivity contribution in [3.05, 3.63) is 0 Å². The summed E-state index contributed by atoms with van der Waals surface area (Å²) in [6.07, 6.45) is 7.12. The quantitative estimate of drug-likeness (QED) is 0.337. The predicted molar refractivity (Wildman–Crippen MR) is 82.4 cm³/mol. The summed E-state index contributed by atoms with van der Waals surface area (Å²) >= 11 is 0. The molecule has 1 saturated carbocycles. The van der Waals surface area contributed by atoms with Crippen LogP contribution in [0, 0.1) is 0 Å². The Morgan fingerprint density at radius 1 is 0.630 bits per heavy atom. The van der Waals surface area contributed by atoms with Gasteiger partial charge in [-0.1, -0.05) is 19.3 Å². The summed E-state index contributed by atoms with van der Waals surface area (Å²) in [5.41, 5.74) is 0. The first-order valence-corrected chi connectivity index (χ1v) is 7.16. The number of rotatable bonds is 4. The van der Waals surface area contributed by atoms with Gasteiger partial charge in [0.2, 0.25) is 0 Å². The molecule has 0 saturated heterocycles. The van der Waals surface area contributed by atoms with Crippen molar-refractivity contribution in [1.82, 2.24) is 0 Å². The van der Waals surface area contributed by atoms with Gasteiger partial charge in [0.1, 0.15) is 0 Å². The van der Waals surface area contributed by atoms with E-state index < -0.39 is 21.8 Å². The van der Waals surface area contributed by atoms with Crippen molar-refractivity contribution in [3.63, 3.8) is 0 Å². The van der Waals surface area contributed by atoms with Crippen LogP contribution in [0.2, 0.25) is 0 Å². The van der Waals surface area contributed by atoms with Crippen LogP contribution < -0.4 is 0 Å². The van der Waals surface area contributed by atoms with E-state index in [0.29, 0.717) is 6.10 Å². The molecular weight excluding hydrogens is 423 g/mol. The Morgan fingerprint density at radius 2 is 0.926 bits per heavy atom. The second kappa shape index (κ2) is 18.3. The number of hydrogen-bond donors (Lipinski definition) is 0. The zero-order chi connectivity index (χ0) is 21.4. The summed E-state index contributed by atoms with van der Waals surface area (Å²) in [5, 5.41) is 0. The maximum absolute atomic E-state index is 9.75. The van der Waals surface area contributed by atoms with Crippen LogP contribution in [0.25, 0.3) is 0 Å². The van der Waals surface area contributed by atoms with Gasteiger partial charge in [-0.25, -0.2) is 0 Å². The van der Waals surface area contributed by atoms with Crippen LogP contribution in [0.1, 0.15) is 32.1 Å². The van der Waals surface area contributed by atoms with Crippen molar-refractivity contribution in [2.75, 3.05) is 20.3 Å². The average molecular weight is 443 g/mol. The molecule has 0 aromatic rings. The van der Waals surface area contributed by atoms with E-state index in [4.69, 9.17) is 9.47 Å². The monoisotopic (exact) mass is 443 g/mol. The third-order valence-electron chi connectivity index (χ3n) is 2.19. The molecule has 1 rings (SSSR count). The van der Waals surface area contributed by atoms with Gasteiger partial charge in [-0.15, -0.1) is 0 Å². The Balaban J connectivity index is -0.000000142. The van der Waals surface area contributed by atoms with Crippen LogP contribution in [0.15, 0.2) is 0 Å². The van der Waals surface area contributed by atoms with Crippen molar-refractivity contribution in [1.29, 1.82) is 0 Å². The van der Waals surface area contributed by atoms with Crippen molar-refractivity contribution in [3.8, 4) is 0 Å². The van der Waals surface area contributed by atoms with Crippen molar-refractivity contribution in [2.24, 2.45) is 0 Å². The fourth-order valence-electron chi connectivity index (χ4n) is 1.53. The Hall–Kier alpha value is 0.275. The van der Waals surface area contributed by atoms with Crippen molar-refractivity contribution in [2.45, 2.75) is 38.2 Å². The Bertz CT molecular complexity index is 263. The average Bonchev–Trinajstić information content (AvgIpc) is 2.34. The minimum absolute atomic E-state index is 0. The van der Waals surface area contributed by atoms with E-state index in [1.165, 1.54) is 32.1 Å². The molecule has 0 unspecified atom stereocenters. The van der Waals surface area contributed by atoms with Gasteiger partial charge in [-0.2, -0.15) is 0 Å². The summed E-state index contributed by atoms with van der Waals surface area (Å²) in [6.45, 7) is 1.50. The van der Waals surface area contributed by atoms with Gasteiger partial charge in [-0.05, 0) is 12.8 Å². The zero-order valence-electron chi connectivity index (χ0n) is 13.6. The zero-order valence-corrected chi connectivity index (χ0v) is 13.6. The molecule has 0 aliphatic heterocycles. The first-order valence-electron chi connectivity index (χ1n) is 7.16. The summed E-state index contributed by atoms with van der Waals surface area (Å²) in [6, 6.07) is 0. The van der Waals surface area contributed by atoms with E-state index in [1.807, 2.05) is 0 Å². The van der Waals surface area contributed by atoms with Crippen molar-refractivity contribution >= 4 is 51.3 Å². The van der Waals surface area contributed by atoms with Gasteiger partial charge in [-0.3, -0.25) is 0 Å². The van der Waals surface area contributed by atoms with Crippen LogP contribution in [0.4, 0.5) is 51.8 Å². The SMILES string of the molecule is COCCOC1CCCCC1.F[B-](F)(F)F.F[B-](F)(F)F.F[B-](F)(F)F.[NaH]. The van der Waals surface area contributed by atoms with Gasteiger partial charge in [0, 0.05) is 7.11 Å². The van der Waals surface area contributed by atoms with Gasteiger partial charge < -0.3 is 61.3 Å². The van der Waals surface area contributed by atoms with Crippen LogP contribution in [0.5, 0.6) is 0 Å². The second-order valence-electron chi connectivity index (χ2n) is 4.61. The molecule has 0 N–H and O–H groups in total. The topological polar surface area (TPSA) is 18.5 Å². The molecule has 0 spiro atoms. The molecule has 0 bridgehead atoms. The molecule has 0 heterocycles. The fourth-order valence-corrected chi connectivity index (χ4v) is 1.53. The predicted octanol–water partition coefficient (Wildman–Crippen LogP) is 5.23. The van der Waals surface area contributed by atoms with E-state index >= 15 is 0 Å². The molecule has 18 heteroatoms. The summed E-state index contributed by atoms with van der Waals surface area (Å²) in [4.78, 5) is 0. The normalized spacial score (nSPS) is 15.0. The van der Waals surface area contributed by atoms with Gasteiger partial charge in [0.15, 0.2) is 0 Å². The van der Waals surface area contributed by atoms with E-state index in [1.54, 1.807) is 7.11 Å².